The van der Waals surface area contributed by atoms with Crippen molar-refractivity contribution in [2.45, 2.75) is 39.7 Å². The lowest BCUT2D eigenvalue weighted by Gasteiger charge is -2.26. The third-order valence-corrected chi connectivity index (χ3v) is 6.56. The quantitative estimate of drug-likeness (QED) is 0.415. The van der Waals surface area contributed by atoms with Crippen LogP contribution in [0.2, 0.25) is 0 Å². The first-order valence-electron chi connectivity index (χ1n) is 12.0. The number of nitrogens with zero attached hydrogens (tertiary/aromatic N) is 3. The minimum atomic E-state index is -0.590. The van der Waals surface area contributed by atoms with E-state index < -0.39 is 5.91 Å². The Balaban J connectivity index is 1.66. The van der Waals surface area contributed by atoms with E-state index in [1.807, 2.05) is 18.2 Å². The highest BCUT2D eigenvalue weighted by Gasteiger charge is 2.19. The number of anilines is 4. The molecule has 0 unspecified atom stereocenters. The Labute approximate surface area is 206 Å². The maximum Gasteiger partial charge on any atom is 0.254 e. The zero-order valence-corrected chi connectivity index (χ0v) is 20.9. The Morgan fingerprint density at radius 3 is 2.74 bits per heavy atom. The van der Waals surface area contributed by atoms with E-state index in [2.05, 4.69) is 64.6 Å². The number of carbonyl (C=O) groups excluding carboxylic acids is 1. The summed E-state index contributed by atoms with van der Waals surface area (Å²) in [6, 6.07) is 12.2. The summed E-state index contributed by atoms with van der Waals surface area (Å²) in [5.74, 6) is 1.38. The van der Waals surface area contributed by atoms with Gasteiger partial charge in [-0.2, -0.15) is 4.98 Å². The molecular weight excluding hydrogens is 440 g/mol. The molecule has 0 bridgehead atoms. The van der Waals surface area contributed by atoms with Crippen LogP contribution in [0.25, 0.3) is 0 Å². The summed E-state index contributed by atoms with van der Waals surface area (Å²) in [4.78, 5) is 23.4. The average molecular weight is 475 g/mol. The van der Waals surface area contributed by atoms with Crippen molar-refractivity contribution in [2.75, 3.05) is 31.3 Å². The van der Waals surface area contributed by atoms with Gasteiger partial charge in [-0.3, -0.25) is 4.79 Å². The summed E-state index contributed by atoms with van der Waals surface area (Å²) in [6.07, 6.45) is 4.44. The van der Waals surface area contributed by atoms with E-state index in [1.54, 1.807) is 7.11 Å². The first kappa shape index (κ1) is 24.5. The van der Waals surface area contributed by atoms with Crippen molar-refractivity contribution in [2.24, 2.45) is 11.7 Å². The van der Waals surface area contributed by atoms with Gasteiger partial charge in [0.15, 0.2) is 0 Å². The fourth-order valence-electron chi connectivity index (χ4n) is 4.30. The first-order valence-corrected chi connectivity index (χ1v) is 12.0. The number of nitrogens with one attached hydrogen (secondary N) is 2. The second-order valence-electron chi connectivity index (χ2n) is 9.25. The highest BCUT2D eigenvalue weighted by molar-refractivity contribution is 5.98. The van der Waals surface area contributed by atoms with E-state index >= 15 is 0 Å². The summed E-state index contributed by atoms with van der Waals surface area (Å²) < 4.78 is 5.64. The number of benzene rings is 2. The van der Waals surface area contributed by atoms with Gasteiger partial charge in [-0.1, -0.05) is 38.5 Å². The Hall–Kier alpha value is -3.65. The van der Waals surface area contributed by atoms with E-state index in [4.69, 9.17) is 10.5 Å². The summed E-state index contributed by atoms with van der Waals surface area (Å²) in [5, 5.41) is 6.61. The van der Waals surface area contributed by atoms with Crippen LogP contribution < -0.4 is 21.1 Å². The van der Waals surface area contributed by atoms with Gasteiger partial charge in [0.25, 0.3) is 5.91 Å². The molecule has 0 fully saturated rings. The second-order valence-corrected chi connectivity index (χ2v) is 9.25. The molecule has 2 heterocycles. The van der Waals surface area contributed by atoms with Crippen molar-refractivity contribution in [1.29, 1.82) is 0 Å². The van der Waals surface area contributed by atoms with Gasteiger partial charge >= 0.3 is 0 Å². The van der Waals surface area contributed by atoms with Gasteiger partial charge in [0, 0.05) is 25.0 Å². The number of nitrogens with two attached hydrogens (primary N) is 1. The van der Waals surface area contributed by atoms with E-state index in [0.29, 0.717) is 17.7 Å². The Kier molecular flexibility index (Phi) is 7.51. The lowest BCUT2D eigenvalue weighted by Crippen LogP contribution is -2.26. The molecule has 0 radical (unpaired) electrons. The normalized spacial score (nSPS) is 14.2. The zero-order valence-electron chi connectivity index (χ0n) is 20.9. The smallest absolute Gasteiger partial charge is 0.254 e. The number of likely N-dealkylation sites (N-methyl/N-ethyl adjacent to an activating group) is 1. The molecule has 2 aromatic carbocycles. The molecule has 0 spiro atoms. The van der Waals surface area contributed by atoms with Gasteiger partial charge in [-0.15, -0.1) is 0 Å². The minimum Gasteiger partial charge on any atom is -0.495 e. The van der Waals surface area contributed by atoms with E-state index in [9.17, 15) is 4.79 Å². The Bertz CT molecular complexity index is 1210. The van der Waals surface area contributed by atoms with Crippen molar-refractivity contribution in [3.05, 3.63) is 64.8 Å². The van der Waals surface area contributed by atoms with Crippen LogP contribution in [0.1, 0.15) is 47.3 Å². The molecule has 0 saturated carbocycles. The Morgan fingerprint density at radius 2 is 2.00 bits per heavy atom. The zero-order chi connectivity index (χ0) is 24.9. The predicted molar refractivity (Wildman–Crippen MR) is 140 cm³/mol. The summed E-state index contributed by atoms with van der Waals surface area (Å²) >= 11 is 0. The number of aromatic nitrogens is 2. The predicted octanol–water partition coefficient (Wildman–Crippen LogP) is 4.65. The number of carbonyl (C=O) groups is 1. The molecule has 8 heteroatoms. The largest absolute Gasteiger partial charge is 0.495 e. The third kappa shape index (κ3) is 5.71. The van der Waals surface area contributed by atoms with Crippen molar-refractivity contribution >= 4 is 29.0 Å². The monoisotopic (exact) mass is 474 g/mol. The van der Waals surface area contributed by atoms with Crippen molar-refractivity contribution < 1.29 is 9.53 Å². The molecule has 0 saturated heterocycles. The lowest BCUT2D eigenvalue weighted by molar-refractivity contribution is 0.100. The number of amides is 1. The molecule has 0 aliphatic carbocycles. The van der Waals surface area contributed by atoms with Crippen LogP contribution in [0.3, 0.4) is 0 Å². The van der Waals surface area contributed by atoms with Gasteiger partial charge in [-0.25, -0.2) is 4.98 Å². The topological polar surface area (TPSA) is 105 Å². The number of rotatable bonds is 9. The summed E-state index contributed by atoms with van der Waals surface area (Å²) in [5.41, 5.74) is 11.2. The van der Waals surface area contributed by atoms with Crippen LogP contribution in [0, 0.1) is 5.92 Å². The number of fused-ring (bicyclic) bond motifs is 1. The van der Waals surface area contributed by atoms with Crippen molar-refractivity contribution in [1.82, 2.24) is 14.9 Å². The van der Waals surface area contributed by atoms with Crippen LogP contribution in [0.4, 0.5) is 23.1 Å². The number of hydrogen-bond donors (Lipinski definition) is 3. The summed E-state index contributed by atoms with van der Waals surface area (Å²) in [7, 11) is 3.77. The van der Waals surface area contributed by atoms with Crippen LogP contribution in [-0.2, 0) is 19.4 Å². The molecule has 8 nitrogen and oxygen atoms in total. The fourth-order valence-corrected chi connectivity index (χ4v) is 4.30. The molecule has 35 heavy (non-hydrogen) atoms. The van der Waals surface area contributed by atoms with Crippen molar-refractivity contribution in [3.8, 4) is 5.75 Å². The molecule has 1 aliphatic heterocycles. The molecule has 1 atom stereocenters. The maximum atomic E-state index is 12.1. The van der Waals surface area contributed by atoms with Gasteiger partial charge in [0.2, 0.25) is 5.95 Å². The van der Waals surface area contributed by atoms with Crippen LogP contribution in [0.15, 0.2) is 42.6 Å². The highest BCUT2D eigenvalue weighted by atomic mass is 16.5. The average Bonchev–Trinajstić information content (AvgIpc) is 2.84. The molecule has 184 valence electrons. The van der Waals surface area contributed by atoms with Gasteiger partial charge in [0.05, 0.1) is 12.8 Å². The molecule has 1 amide bonds. The van der Waals surface area contributed by atoms with E-state index in [1.165, 1.54) is 17.3 Å². The Morgan fingerprint density at radius 1 is 1.20 bits per heavy atom. The van der Waals surface area contributed by atoms with E-state index in [-0.39, 0.29) is 5.56 Å². The van der Waals surface area contributed by atoms with Gasteiger partial charge in [0.1, 0.15) is 17.1 Å². The SMILES string of the molecule is CC[C@H](C)Cc1ccccc1Nc1nc(Nc2cc3c(cc2OC)CCN(C)C3)ncc1C(N)=O. The van der Waals surface area contributed by atoms with Crippen LogP contribution in [0.5, 0.6) is 5.75 Å². The van der Waals surface area contributed by atoms with Gasteiger partial charge in [-0.05, 0) is 60.7 Å². The van der Waals surface area contributed by atoms with Crippen LogP contribution >= 0.6 is 0 Å². The molecule has 1 aliphatic rings. The van der Waals surface area contributed by atoms with Crippen LogP contribution in [-0.4, -0.2) is 41.5 Å². The highest BCUT2D eigenvalue weighted by Crippen LogP contribution is 2.33. The van der Waals surface area contributed by atoms with E-state index in [0.717, 1.165) is 55.0 Å². The second kappa shape index (κ2) is 10.7. The first-order chi connectivity index (χ1) is 16.9. The molecular formula is C27H34N6O2. The number of methoxy groups -OCH3 is 1. The molecule has 1 aromatic heterocycles. The number of hydrogen-bond acceptors (Lipinski definition) is 7. The summed E-state index contributed by atoms with van der Waals surface area (Å²) in [6.45, 7) is 6.30. The van der Waals surface area contributed by atoms with Crippen molar-refractivity contribution in [3.63, 3.8) is 0 Å². The maximum absolute atomic E-state index is 12.1. The lowest BCUT2D eigenvalue weighted by atomic mass is 9.97. The standard InChI is InChI=1S/C27H34N6O2/c1-5-17(2)12-19-8-6-7-9-22(19)30-26-21(25(28)34)15-29-27(32-26)31-23-13-20-16-33(3)11-10-18(20)14-24(23)35-4/h6-9,13-15,17H,5,10-12,16H2,1-4H3,(H2,28,34)(H2,29,30,31,32)/t17-/m0/s1. The number of ether oxygens (including phenoxy) is 1. The minimum absolute atomic E-state index is 0.230. The fraction of sp³-hybridized carbons (Fsp3) is 0.370. The number of primary amides is 1. The molecule has 4 N–H and O–H groups in total. The third-order valence-electron chi connectivity index (χ3n) is 6.56. The number of para-hydroxylation sites is 1. The molecule has 4 rings (SSSR count). The molecule has 3 aromatic rings. The van der Waals surface area contributed by atoms with Gasteiger partial charge < -0.3 is 26.0 Å².